The highest BCUT2D eigenvalue weighted by molar-refractivity contribution is 6.00. The molecule has 3 aliphatic rings. The van der Waals surface area contributed by atoms with Crippen molar-refractivity contribution in [1.29, 1.82) is 0 Å². The second kappa shape index (κ2) is 2.82. The summed E-state index contributed by atoms with van der Waals surface area (Å²) in [6, 6.07) is 0. The molecule has 0 radical (unpaired) electrons. The summed E-state index contributed by atoms with van der Waals surface area (Å²) in [5.41, 5.74) is -1.07. The molecule has 2 saturated heterocycles. The molecular formula is C10H10O6. The van der Waals surface area contributed by atoms with E-state index in [0.29, 0.717) is 6.42 Å². The third kappa shape index (κ3) is 1.02. The topological polar surface area (TPSA) is 89.9 Å². The van der Waals surface area contributed by atoms with Crippen LogP contribution < -0.4 is 0 Å². The maximum absolute atomic E-state index is 11.7. The van der Waals surface area contributed by atoms with Crippen LogP contribution in [-0.2, 0) is 23.9 Å². The molecule has 0 aromatic carbocycles. The molecule has 1 N–H and O–H groups in total. The molecule has 3 rings (SSSR count). The van der Waals surface area contributed by atoms with Crippen molar-refractivity contribution in [3.8, 4) is 0 Å². The Balaban J connectivity index is 2.01. The summed E-state index contributed by atoms with van der Waals surface area (Å²) in [6.07, 6.45) is -0.557. The quantitative estimate of drug-likeness (QED) is 0.436. The molecule has 0 aromatic rings. The smallest absolute Gasteiger partial charge is 0.321 e. The number of rotatable bonds is 0. The van der Waals surface area contributed by atoms with Gasteiger partial charge in [-0.3, -0.25) is 14.4 Å². The fourth-order valence-electron chi connectivity index (χ4n) is 3.05. The number of carbonyl (C=O) groups is 3. The maximum atomic E-state index is 11.7. The van der Waals surface area contributed by atoms with E-state index in [1.165, 1.54) is 0 Å². The summed E-state index contributed by atoms with van der Waals surface area (Å²) in [4.78, 5) is 34.4. The lowest BCUT2D eigenvalue weighted by atomic mass is 9.76. The van der Waals surface area contributed by atoms with E-state index in [-0.39, 0.29) is 18.8 Å². The zero-order valence-corrected chi connectivity index (χ0v) is 8.34. The van der Waals surface area contributed by atoms with E-state index in [4.69, 9.17) is 4.74 Å². The van der Waals surface area contributed by atoms with Crippen LogP contribution in [0.5, 0.6) is 0 Å². The number of carbonyl (C=O) groups excluding carboxylic acids is 3. The molecule has 0 amide bonds. The van der Waals surface area contributed by atoms with Crippen LogP contribution in [0.2, 0.25) is 0 Å². The van der Waals surface area contributed by atoms with E-state index in [1.807, 2.05) is 0 Å². The first kappa shape index (κ1) is 9.77. The lowest BCUT2D eigenvalue weighted by Crippen LogP contribution is -2.38. The SMILES string of the molecule is O=C1CC2(CC3CC2C(=O)OC3O)C(=O)O1. The minimum atomic E-state index is -1.16. The van der Waals surface area contributed by atoms with Crippen LogP contribution in [-0.4, -0.2) is 29.3 Å². The summed E-state index contributed by atoms with van der Waals surface area (Å²) in [7, 11) is 0. The lowest BCUT2D eigenvalue weighted by Gasteiger charge is -2.26. The Hall–Kier alpha value is -1.43. The Labute approximate surface area is 90.5 Å². The Bertz CT molecular complexity index is 402. The fraction of sp³-hybridized carbons (Fsp3) is 0.700. The number of aliphatic hydroxyl groups is 1. The normalized spacial score (nSPS) is 46.1. The number of hydrogen-bond donors (Lipinski definition) is 1. The van der Waals surface area contributed by atoms with Crippen LogP contribution in [0.25, 0.3) is 0 Å². The van der Waals surface area contributed by atoms with Gasteiger partial charge in [0.25, 0.3) is 0 Å². The van der Waals surface area contributed by atoms with Crippen LogP contribution in [0, 0.1) is 17.3 Å². The zero-order chi connectivity index (χ0) is 11.5. The van der Waals surface area contributed by atoms with Crippen molar-refractivity contribution in [2.45, 2.75) is 25.6 Å². The van der Waals surface area contributed by atoms with Crippen molar-refractivity contribution in [3.05, 3.63) is 0 Å². The maximum Gasteiger partial charge on any atom is 0.321 e. The Morgan fingerprint density at radius 3 is 2.69 bits per heavy atom. The van der Waals surface area contributed by atoms with Gasteiger partial charge >= 0.3 is 17.9 Å². The highest BCUT2D eigenvalue weighted by Gasteiger charge is 2.65. The van der Waals surface area contributed by atoms with Crippen LogP contribution >= 0.6 is 0 Å². The second-order valence-electron chi connectivity index (χ2n) is 4.67. The molecule has 0 aromatic heterocycles. The summed E-state index contributed by atoms with van der Waals surface area (Å²) < 4.78 is 9.26. The largest absolute Gasteiger partial charge is 0.435 e. The van der Waals surface area contributed by atoms with Gasteiger partial charge in [0.15, 0.2) is 0 Å². The standard InChI is InChI=1S/C10H10O6/c11-6-3-10(9(14)15-6)2-4-1-5(10)8(13)16-7(4)12/h4-5,7,12H,1-3H2. The van der Waals surface area contributed by atoms with Crippen LogP contribution in [0.3, 0.4) is 0 Å². The van der Waals surface area contributed by atoms with Gasteiger partial charge in [-0.15, -0.1) is 0 Å². The highest BCUT2D eigenvalue weighted by Crippen LogP contribution is 2.56. The van der Waals surface area contributed by atoms with Crippen molar-refractivity contribution >= 4 is 17.9 Å². The third-order valence-corrected chi connectivity index (χ3v) is 3.83. The minimum absolute atomic E-state index is 0.0746. The van der Waals surface area contributed by atoms with E-state index in [2.05, 4.69) is 4.74 Å². The van der Waals surface area contributed by atoms with E-state index >= 15 is 0 Å². The van der Waals surface area contributed by atoms with Gasteiger partial charge in [-0.1, -0.05) is 0 Å². The first-order valence-corrected chi connectivity index (χ1v) is 5.16. The van der Waals surface area contributed by atoms with Gasteiger partial charge in [0, 0.05) is 5.92 Å². The first-order chi connectivity index (χ1) is 7.53. The van der Waals surface area contributed by atoms with E-state index in [9.17, 15) is 19.5 Å². The van der Waals surface area contributed by atoms with Crippen molar-refractivity contribution in [1.82, 2.24) is 0 Å². The summed E-state index contributed by atoms with van der Waals surface area (Å²) in [6.45, 7) is 0. The molecule has 4 unspecified atom stereocenters. The summed E-state index contributed by atoms with van der Waals surface area (Å²) >= 11 is 0. The molecule has 4 atom stereocenters. The predicted molar refractivity (Wildman–Crippen MR) is 46.5 cm³/mol. The molecule has 3 fully saturated rings. The van der Waals surface area contributed by atoms with Crippen LogP contribution in [0.4, 0.5) is 0 Å². The van der Waals surface area contributed by atoms with Crippen molar-refractivity contribution in [2.75, 3.05) is 0 Å². The molecule has 1 saturated carbocycles. The van der Waals surface area contributed by atoms with Crippen LogP contribution in [0.15, 0.2) is 0 Å². The molecular weight excluding hydrogens is 216 g/mol. The summed E-state index contributed by atoms with van der Waals surface area (Å²) in [5, 5.41) is 9.48. The lowest BCUT2D eigenvalue weighted by molar-refractivity contribution is -0.191. The average molecular weight is 226 g/mol. The monoisotopic (exact) mass is 226 g/mol. The molecule has 2 heterocycles. The Morgan fingerprint density at radius 1 is 1.31 bits per heavy atom. The molecule has 86 valence electrons. The number of hydrogen-bond acceptors (Lipinski definition) is 6. The molecule has 6 nitrogen and oxygen atoms in total. The number of esters is 3. The van der Waals surface area contributed by atoms with Crippen molar-refractivity contribution < 1.29 is 29.0 Å². The van der Waals surface area contributed by atoms with E-state index in [1.54, 1.807) is 0 Å². The number of ether oxygens (including phenoxy) is 2. The zero-order valence-electron chi connectivity index (χ0n) is 8.34. The highest BCUT2D eigenvalue weighted by atomic mass is 16.6. The molecule has 2 aliphatic heterocycles. The first-order valence-electron chi connectivity index (χ1n) is 5.16. The summed E-state index contributed by atoms with van der Waals surface area (Å²) in [5.74, 6) is -2.75. The van der Waals surface area contributed by atoms with Crippen molar-refractivity contribution in [3.63, 3.8) is 0 Å². The molecule has 2 bridgehead atoms. The molecule has 1 spiro atoms. The van der Waals surface area contributed by atoms with E-state index in [0.717, 1.165) is 0 Å². The van der Waals surface area contributed by atoms with Crippen molar-refractivity contribution in [2.24, 2.45) is 17.3 Å². The molecule has 1 aliphatic carbocycles. The average Bonchev–Trinajstić information content (AvgIpc) is 2.66. The third-order valence-electron chi connectivity index (χ3n) is 3.83. The predicted octanol–water partition coefficient (Wildman–Crippen LogP) is -0.652. The van der Waals surface area contributed by atoms with Crippen LogP contribution in [0.1, 0.15) is 19.3 Å². The van der Waals surface area contributed by atoms with Gasteiger partial charge in [0.1, 0.15) is 0 Å². The van der Waals surface area contributed by atoms with Gasteiger partial charge in [0.05, 0.1) is 17.8 Å². The van der Waals surface area contributed by atoms with Gasteiger partial charge in [0.2, 0.25) is 6.29 Å². The van der Waals surface area contributed by atoms with E-state index < -0.39 is 35.5 Å². The Kier molecular flexibility index (Phi) is 1.72. The number of aliphatic hydroxyl groups excluding tert-OH is 1. The second-order valence-corrected chi connectivity index (χ2v) is 4.67. The molecule has 6 heteroatoms. The fourth-order valence-corrected chi connectivity index (χ4v) is 3.05. The number of fused-ring (bicyclic) bond motifs is 3. The number of cyclic esters (lactones) is 3. The van der Waals surface area contributed by atoms with Gasteiger partial charge < -0.3 is 14.6 Å². The molecule has 16 heavy (non-hydrogen) atoms. The Morgan fingerprint density at radius 2 is 2.06 bits per heavy atom. The van der Waals surface area contributed by atoms with Gasteiger partial charge in [-0.05, 0) is 12.8 Å². The minimum Gasteiger partial charge on any atom is -0.435 e. The van der Waals surface area contributed by atoms with Gasteiger partial charge in [-0.2, -0.15) is 0 Å². The van der Waals surface area contributed by atoms with Gasteiger partial charge in [-0.25, -0.2) is 0 Å².